The molecule has 1 atom stereocenters. The van der Waals surface area contributed by atoms with Crippen molar-refractivity contribution in [3.63, 3.8) is 0 Å². The molecule has 1 aromatic rings. The first-order valence-electron chi connectivity index (χ1n) is 6.20. The van der Waals surface area contributed by atoms with E-state index in [4.69, 9.17) is 4.42 Å². The Morgan fingerprint density at radius 1 is 1.43 bits per heavy atom. The molecule has 0 bridgehead atoms. The lowest BCUT2D eigenvalue weighted by Crippen LogP contribution is -2.11. The third kappa shape index (κ3) is 4.59. The highest BCUT2D eigenvalue weighted by atomic mass is 32.2. The van der Waals surface area contributed by atoms with Crippen LogP contribution in [0, 0.1) is 5.21 Å². The van der Waals surface area contributed by atoms with Crippen LogP contribution in [0.2, 0.25) is 0 Å². The van der Waals surface area contributed by atoms with Crippen molar-refractivity contribution >= 4 is 17.1 Å². The monoisotopic (exact) mass is 321 g/mol. The summed E-state index contributed by atoms with van der Waals surface area (Å²) in [7, 11) is -1.12. The van der Waals surface area contributed by atoms with Crippen molar-refractivity contribution in [1.29, 1.82) is 0 Å². The Balaban J connectivity index is 2.06. The van der Waals surface area contributed by atoms with Crippen molar-refractivity contribution in [2.75, 3.05) is 6.54 Å². The van der Waals surface area contributed by atoms with Crippen LogP contribution in [-0.2, 0) is 4.74 Å². The van der Waals surface area contributed by atoms with Crippen molar-refractivity contribution in [2.24, 2.45) is 0 Å². The van der Waals surface area contributed by atoms with Gasteiger partial charge in [0.25, 0.3) is 0 Å². The number of furan rings is 1. The van der Waals surface area contributed by atoms with Gasteiger partial charge in [0.15, 0.2) is 12.3 Å². The Labute approximate surface area is 122 Å². The van der Waals surface area contributed by atoms with Crippen molar-refractivity contribution in [1.82, 2.24) is 0 Å². The van der Waals surface area contributed by atoms with Crippen LogP contribution in [0.15, 0.2) is 44.3 Å². The van der Waals surface area contributed by atoms with Crippen LogP contribution in [-0.4, -0.2) is 23.9 Å². The number of rotatable bonds is 5. The van der Waals surface area contributed by atoms with Gasteiger partial charge in [-0.25, -0.2) is 4.74 Å². The Morgan fingerprint density at radius 2 is 2.19 bits per heavy atom. The molecule has 0 N–H and O–H groups in total. The van der Waals surface area contributed by atoms with E-state index in [2.05, 4.69) is 4.74 Å². The van der Waals surface area contributed by atoms with Gasteiger partial charge in [-0.1, -0.05) is 6.92 Å². The smallest absolute Gasteiger partial charge is 0.573 e. The number of ether oxygens (including phenoxy) is 1. The first kappa shape index (κ1) is 15.6. The third-order valence-corrected chi connectivity index (χ3v) is 4.23. The second-order valence-electron chi connectivity index (χ2n) is 4.25. The largest absolute Gasteiger partial charge is 0.624 e. The molecule has 0 saturated carbocycles. The number of halogens is 3. The van der Waals surface area contributed by atoms with Crippen molar-refractivity contribution < 1.29 is 27.1 Å². The number of hydroxylamine groups is 1. The average molecular weight is 321 g/mol. The average Bonchev–Trinajstić information content (AvgIpc) is 2.96. The summed E-state index contributed by atoms with van der Waals surface area (Å²) in [5.74, 6) is 0.134. The highest BCUT2D eigenvalue weighted by Crippen LogP contribution is 2.45. The molecule has 21 heavy (non-hydrogen) atoms. The van der Waals surface area contributed by atoms with E-state index in [0.717, 1.165) is 4.74 Å². The molecular weight excluding hydrogens is 307 g/mol. The maximum atomic E-state index is 12.1. The van der Waals surface area contributed by atoms with Crippen LogP contribution in [0.25, 0.3) is 0 Å². The molecule has 0 fully saturated rings. The van der Waals surface area contributed by atoms with Crippen molar-refractivity contribution in [2.45, 2.75) is 24.8 Å². The van der Waals surface area contributed by atoms with Gasteiger partial charge in [-0.05, 0) is 23.6 Å². The third-order valence-electron chi connectivity index (χ3n) is 2.48. The Morgan fingerprint density at radius 3 is 2.86 bits per heavy atom. The number of hydrogen-bond acceptors (Lipinski definition) is 3. The number of hydrogen-bond donors (Lipinski definition) is 1. The van der Waals surface area contributed by atoms with E-state index in [-0.39, 0.29) is 5.76 Å². The number of alkyl halides is 3. The van der Waals surface area contributed by atoms with Crippen LogP contribution in [0.1, 0.15) is 19.1 Å². The zero-order chi connectivity index (χ0) is 15.5. The summed E-state index contributed by atoms with van der Waals surface area (Å²) in [6.07, 6.45) is -1.40. The molecular formula is C13H14F3NO3S. The molecule has 1 aliphatic heterocycles. The van der Waals surface area contributed by atoms with Crippen molar-refractivity contribution in [3.05, 3.63) is 45.8 Å². The second kappa shape index (κ2) is 6.30. The minimum absolute atomic E-state index is 0.244. The highest BCUT2D eigenvalue weighted by Gasteiger charge is 2.32. The fraction of sp³-hybridized carbons (Fsp3) is 0.308. The predicted molar refractivity (Wildman–Crippen MR) is 74.3 cm³/mol. The number of allylic oxidation sites excluding steroid dienone is 1. The second-order valence-corrected chi connectivity index (χ2v) is 6.06. The van der Waals surface area contributed by atoms with E-state index in [1.807, 2.05) is 6.92 Å². The van der Waals surface area contributed by atoms with Crippen LogP contribution in [0.5, 0.6) is 0 Å². The summed E-state index contributed by atoms with van der Waals surface area (Å²) in [4.78, 5) is 0. The SMILES string of the molecule is CCC[N+]([O-])=Cc1ccc([SH]2C=CC(OC(F)(F)F)=C2)o1. The lowest BCUT2D eigenvalue weighted by Gasteiger charge is -2.08. The first-order chi connectivity index (χ1) is 9.87. The van der Waals surface area contributed by atoms with Gasteiger partial charge < -0.3 is 14.4 Å². The number of thiol groups is 1. The van der Waals surface area contributed by atoms with Gasteiger partial charge >= 0.3 is 6.36 Å². The molecule has 4 nitrogen and oxygen atoms in total. The Kier molecular flexibility index (Phi) is 4.66. The molecule has 0 spiro atoms. The predicted octanol–water partition coefficient (Wildman–Crippen LogP) is 3.88. The molecule has 2 heterocycles. The topological polar surface area (TPSA) is 48.4 Å². The van der Waals surface area contributed by atoms with E-state index in [1.54, 1.807) is 17.5 Å². The molecule has 116 valence electrons. The summed E-state index contributed by atoms with van der Waals surface area (Å²) < 4.78 is 46.4. The molecule has 0 saturated heterocycles. The zero-order valence-corrected chi connectivity index (χ0v) is 12.0. The fourth-order valence-corrected chi connectivity index (χ4v) is 3.22. The molecule has 2 rings (SSSR count). The van der Waals surface area contributed by atoms with Crippen LogP contribution in [0.4, 0.5) is 13.2 Å². The van der Waals surface area contributed by atoms with Gasteiger partial charge in [0.1, 0.15) is 10.9 Å². The van der Waals surface area contributed by atoms with Gasteiger partial charge in [0.05, 0.1) is 0 Å². The van der Waals surface area contributed by atoms with Gasteiger partial charge in [-0.2, -0.15) is 10.9 Å². The van der Waals surface area contributed by atoms with E-state index in [9.17, 15) is 18.4 Å². The lowest BCUT2D eigenvalue weighted by atomic mass is 10.4. The Hall–Kier alpha value is -1.83. The molecule has 0 radical (unpaired) electrons. The van der Waals surface area contributed by atoms with Crippen LogP contribution >= 0.6 is 10.9 Å². The molecule has 0 amide bonds. The summed E-state index contributed by atoms with van der Waals surface area (Å²) in [5, 5.41) is 14.9. The summed E-state index contributed by atoms with van der Waals surface area (Å²) in [5.41, 5.74) is 0. The van der Waals surface area contributed by atoms with E-state index >= 15 is 0 Å². The minimum Gasteiger partial charge on any atom is -0.624 e. The highest BCUT2D eigenvalue weighted by molar-refractivity contribution is 8.22. The normalized spacial score (nSPS) is 20.7. The van der Waals surface area contributed by atoms with E-state index in [0.29, 0.717) is 23.8 Å². The maximum absolute atomic E-state index is 12.1. The lowest BCUT2D eigenvalue weighted by molar-refractivity contribution is -0.452. The van der Waals surface area contributed by atoms with E-state index in [1.165, 1.54) is 17.7 Å². The standard InChI is InChI=1S/C13H14F3NO3S/c1-2-6-17(18)8-10-3-4-12(19-10)21-7-5-11(9-21)20-13(14,15)16/h3-5,7-9,21H,2,6H2,1H3. The van der Waals surface area contributed by atoms with Crippen LogP contribution in [0.3, 0.4) is 0 Å². The summed E-state index contributed by atoms with van der Waals surface area (Å²) in [6, 6.07) is 3.26. The van der Waals surface area contributed by atoms with Gasteiger partial charge in [-0.3, -0.25) is 0 Å². The van der Waals surface area contributed by atoms with Gasteiger partial charge in [0.2, 0.25) is 6.21 Å². The molecule has 1 aromatic heterocycles. The maximum Gasteiger partial charge on any atom is 0.573 e. The minimum atomic E-state index is -4.70. The molecule has 0 aromatic carbocycles. The number of nitrogens with zero attached hydrogens (tertiary/aromatic N) is 1. The van der Waals surface area contributed by atoms with E-state index < -0.39 is 17.3 Å². The molecule has 1 unspecified atom stereocenters. The van der Waals surface area contributed by atoms with Gasteiger partial charge in [0, 0.05) is 11.8 Å². The molecule has 0 aliphatic carbocycles. The summed E-state index contributed by atoms with van der Waals surface area (Å²) >= 11 is 0. The fourth-order valence-electron chi connectivity index (χ4n) is 1.69. The van der Waals surface area contributed by atoms with Crippen LogP contribution < -0.4 is 0 Å². The molecule has 8 heteroatoms. The summed E-state index contributed by atoms with van der Waals surface area (Å²) in [6.45, 7) is 2.24. The first-order valence-corrected chi connectivity index (χ1v) is 7.68. The quantitative estimate of drug-likeness (QED) is 0.294. The van der Waals surface area contributed by atoms with Gasteiger partial charge in [-0.15, -0.1) is 13.2 Å². The molecule has 1 aliphatic rings. The zero-order valence-electron chi connectivity index (χ0n) is 11.1. The van der Waals surface area contributed by atoms with Crippen molar-refractivity contribution in [3.8, 4) is 0 Å². The Bertz CT molecular complexity index is 590.